The predicted molar refractivity (Wildman–Crippen MR) is 126 cm³/mol. The summed E-state index contributed by atoms with van der Waals surface area (Å²) >= 11 is 2.82. The van der Waals surface area contributed by atoms with Gasteiger partial charge in [-0.3, -0.25) is 19.0 Å². The van der Waals surface area contributed by atoms with Crippen molar-refractivity contribution in [2.75, 3.05) is 19.4 Å². The number of aromatic nitrogens is 2. The number of thiophene rings is 1. The van der Waals surface area contributed by atoms with E-state index in [4.69, 9.17) is 4.98 Å². The second-order valence-electron chi connectivity index (χ2n) is 7.62. The molecule has 4 rings (SSSR count). The van der Waals surface area contributed by atoms with Crippen LogP contribution < -0.4 is 10.9 Å². The summed E-state index contributed by atoms with van der Waals surface area (Å²) in [5.41, 5.74) is 2.27. The topological polar surface area (TPSA) is 90.3 Å². The van der Waals surface area contributed by atoms with Crippen LogP contribution >= 0.6 is 23.1 Å². The van der Waals surface area contributed by atoms with Crippen molar-refractivity contribution in [3.63, 3.8) is 0 Å². The summed E-state index contributed by atoms with van der Waals surface area (Å²) in [5, 5.41) is 3.81. The standard InChI is InChI=1S/C23H25N3O4S2/c1-30-19(28)13-24-18(27)14-31-23-25-21-20(16-9-5-6-10-17(16)32-21)22(29)26(23)12-11-15-7-3-2-4-8-15/h2-4,7-8H,5-6,9-14H2,1H3,(H,24,27). The van der Waals surface area contributed by atoms with Gasteiger partial charge in [0, 0.05) is 11.4 Å². The molecule has 0 spiro atoms. The average Bonchev–Trinajstić information content (AvgIpc) is 3.19. The quantitative estimate of drug-likeness (QED) is 0.309. The Morgan fingerprint density at radius 2 is 2.00 bits per heavy atom. The zero-order chi connectivity index (χ0) is 22.5. The van der Waals surface area contributed by atoms with Gasteiger partial charge in [0.2, 0.25) is 5.91 Å². The highest BCUT2D eigenvalue weighted by atomic mass is 32.2. The zero-order valence-electron chi connectivity index (χ0n) is 17.9. The number of carbonyl (C=O) groups excluding carboxylic acids is 2. The Morgan fingerprint density at radius 3 is 2.78 bits per heavy atom. The van der Waals surface area contributed by atoms with E-state index in [1.54, 1.807) is 15.9 Å². The third kappa shape index (κ3) is 5.05. The maximum atomic E-state index is 13.6. The Hall–Kier alpha value is -2.65. The fourth-order valence-electron chi connectivity index (χ4n) is 3.84. The van der Waals surface area contributed by atoms with E-state index in [1.165, 1.54) is 23.7 Å². The molecular formula is C23H25N3O4S2. The van der Waals surface area contributed by atoms with Crippen LogP contribution in [0.2, 0.25) is 0 Å². The normalized spacial score (nSPS) is 13.0. The molecule has 0 atom stereocenters. The Kier molecular flexibility index (Phi) is 7.26. The molecule has 3 aromatic rings. The summed E-state index contributed by atoms with van der Waals surface area (Å²) in [7, 11) is 1.27. The maximum Gasteiger partial charge on any atom is 0.325 e. The highest BCUT2D eigenvalue weighted by Crippen LogP contribution is 2.34. The number of amides is 1. The molecule has 0 bridgehead atoms. The largest absolute Gasteiger partial charge is 0.468 e. The van der Waals surface area contributed by atoms with Gasteiger partial charge in [-0.1, -0.05) is 42.1 Å². The zero-order valence-corrected chi connectivity index (χ0v) is 19.5. The first-order chi connectivity index (χ1) is 15.6. The molecule has 0 saturated carbocycles. The van der Waals surface area contributed by atoms with E-state index >= 15 is 0 Å². The smallest absolute Gasteiger partial charge is 0.325 e. The van der Waals surface area contributed by atoms with Crippen LogP contribution in [-0.2, 0) is 40.1 Å². The van der Waals surface area contributed by atoms with Gasteiger partial charge < -0.3 is 10.1 Å². The first-order valence-electron chi connectivity index (χ1n) is 10.6. The minimum absolute atomic E-state index is 0.0252. The molecule has 0 fully saturated rings. The van der Waals surface area contributed by atoms with Crippen molar-refractivity contribution in [3.05, 3.63) is 56.7 Å². The van der Waals surface area contributed by atoms with Crippen LogP contribution in [0.15, 0.2) is 40.3 Å². The Bertz CT molecular complexity index is 1190. The monoisotopic (exact) mass is 471 g/mol. The van der Waals surface area contributed by atoms with Gasteiger partial charge in [-0.25, -0.2) is 4.98 Å². The molecule has 1 N–H and O–H groups in total. The number of methoxy groups -OCH3 is 1. The third-order valence-corrected chi connectivity index (χ3v) is 7.66. The van der Waals surface area contributed by atoms with Crippen LogP contribution in [0, 0.1) is 0 Å². The minimum Gasteiger partial charge on any atom is -0.468 e. The van der Waals surface area contributed by atoms with Crippen LogP contribution in [0.4, 0.5) is 0 Å². The van der Waals surface area contributed by atoms with Gasteiger partial charge in [0.25, 0.3) is 5.56 Å². The molecule has 9 heteroatoms. The van der Waals surface area contributed by atoms with Gasteiger partial charge in [-0.15, -0.1) is 11.3 Å². The van der Waals surface area contributed by atoms with Crippen LogP contribution in [0.3, 0.4) is 0 Å². The van der Waals surface area contributed by atoms with Gasteiger partial charge in [0.05, 0.1) is 18.2 Å². The van der Waals surface area contributed by atoms with Gasteiger partial charge in [0.15, 0.2) is 5.16 Å². The summed E-state index contributed by atoms with van der Waals surface area (Å²) in [6.07, 6.45) is 4.86. The molecule has 0 saturated heterocycles. The van der Waals surface area contributed by atoms with Gasteiger partial charge in [0.1, 0.15) is 11.4 Å². The summed E-state index contributed by atoms with van der Waals surface area (Å²) < 4.78 is 6.25. The van der Waals surface area contributed by atoms with E-state index in [-0.39, 0.29) is 23.8 Å². The molecule has 1 aromatic carbocycles. The second-order valence-corrected chi connectivity index (χ2v) is 9.65. The lowest BCUT2D eigenvalue weighted by atomic mass is 9.97. The van der Waals surface area contributed by atoms with Crippen LogP contribution in [-0.4, -0.2) is 40.8 Å². The van der Waals surface area contributed by atoms with Crippen molar-refractivity contribution in [2.24, 2.45) is 0 Å². The molecule has 0 aliphatic heterocycles. The lowest BCUT2D eigenvalue weighted by Gasteiger charge is -2.13. The number of hydrogen-bond donors (Lipinski definition) is 1. The average molecular weight is 472 g/mol. The number of nitrogens with zero attached hydrogens (tertiary/aromatic N) is 2. The highest BCUT2D eigenvalue weighted by Gasteiger charge is 2.22. The number of thioether (sulfide) groups is 1. The molecule has 0 unspecified atom stereocenters. The SMILES string of the molecule is COC(=O)CNC(=O)CSc1nc2sc3c(c2c(=O)n1CCc1ccccc1)CCCC3. The number of fused-ring (bicyclic) bond motifs is 3. The lowest BCUT2D eigenvalue weighted by Crippen LogP contribution is -2.32. The molecule has 32 heavy (non-hydrogen) atoms. The van der Waals surface area contributed by atoms with E-state index in [1.807, 2.05) is 30.3 Å². The van der Waals surface area contributed by atoms with Crippen molar-refractivity contribution in [1.29, 1.82) is 0 Å². The van der Waals surface area contributed by atoms with E-state index < -0.39 is 5.97 Å². The second kappa shape index (κ2) is 10.3. The summed E-state index contributed by atoms with van der Waals surface area (Å²) in [5.74, 6) is -0.757. The van der Waals surface area contributed by atoms with Crippen LogP contribution in [0.25, 0.3) is 10.2 Å². The summed E-state index contributed by atoms with van der Waals surface area (Å²) in [6.45, 7) is 0.309. The molecule has 2 aromatic heterocycles. The number of nitrogens with one attached hydrogen (secondary N) is 1. The number of hydrogen-bond acceptors (Lipinski definition) is 7. The summed E-state index contributed by atoms with van der Waals surface area (Å²) in [4.78, 5) is 43.8. The number of rotatable bonds is 8. The summed E-state index contributed by atoms with van der Waals surface area (Å²) in [6, 6.07) is 10.0. The number of esters is 1. The molecule has 1 aliphatic rings. The van der Waals surface area contributed by atoms with Crippen molar-refractivity contribution in [1.82, 2.24) is 14.9 Å². The molecular weight excluding hydrogens is 446 g/mol. The number of benzene rings is 1. The Balaban J connectivity index is 1.62. The van der Waals surface area contributed by atoms with Crippen LogP contribution in [0.5, 0.6) is 0 Å². The Morgan fingerprint density at radius 1 is 1.22 bits per heavy atom. The fraction of sp³-hybridized carbons (Fsp3) is 0.391. The minimum atomic E-state index is -0.508. The molecule has 0 radical (unpaired) electrons. The Labute approximate surface area is 194 Å². The highest BCUT2D eigenvalue weighted by molar-refractivity contribution is 7.99. The first-order valence-corrected chi connectivity index (χ1v) is 12.4. The van der Waals surface area contributed by atoms with Crippen molar-refractivity contribution >= 4 is 45.2 Å². The molecule has 168 valence electrons. The van der Waals surface area contributed by atoms with Gasteiger partial charge in [-0.2, -0.15) is 0 Å². The third-order valence-electron chi connectivity index (χ3n) is 5.50. The van der Waals surface area contributed by atoms with Crippen molar-refractivity contribution < 1.29 is 14.3 Å². The van der Waals surface area contributed by atoms with Crippen LogP contribution in [0.1, 0.15) is 28.8 Å². The predicted octanol–water partition coefficient (Wildman–Crippen LogP) is 2.96. The van der Waals surface area contributed by atoms with Gasteiger partial charge in [-0.05, 0) is 43.2 Å². The number of carbonyl (C=O) groups is 2. The number of ether oxygens (including phenoxy) is 1. The van der Waals surface area contributed by atoms with Crippen molar-refractivity contribution in [3.8, 4) is 0 Å². The molecule has 1 amide bonds. The van der Waals surface area contributed by atoms with E-state index in [2.05, 4.69) is 10.1 Å². The lowest BCUT2D eigenvalue weighted by molar-refractivity contribution is -0.140. The van der Waals surface area contributed by atoms with Gasteiger partial charge >= 0.3 is 5.97 Å². The number of aryl methyl sites for hydroxylation is 3. The fourth-order valence-corrected chi connectivity index (χ4v) is 5.99. The van der Waals surface area contributed by atoms with E-state index in [9.17, 15) is 14.4 Å². The molecule has 2 heterocycles. The first kappa shape index (κ1) is 22.5. The van der Waals surface area contributed by atoms with E-state index in [0.717, 1.165) is 47.0 Å². The maximum absolute atomic E-state index is 13.6. The van der Waals surface area contributed by atoms with Crippen molar-refractivity contribution in [2.45, 2.75) is 43.8 Å². The molecule has 1 aliphatic carbocycles. The molecule has 7 nitrogen and oxygen atoms in total. The van der Waals surface area contributed by atoms with E-state index in [0.29, 0.717) is 18.1 Å².